The first-order valence-corrected chi connectivity index (χ1v) is 6.78. The highest BCUT2D eigenvalue weighted by Crippen LogP contribution is 2.38. The summed E-state index contributed by atoms with van der Waals surface area (Å²) in [6, 6.07) is 6.43. The van der Waals surface area contributed by atoms with Crippen LogP contribution in [0, 0.1) is 5.41 Å². The molecular formula is C15H24N2O. The molecule has 1 aliphatic rings. The highest BCUT2D eigenvalue weighted by molar-refractivity contribution is 5.59. The van der Waals surface area contributed by atoms with Gasteiger partial charge >= 0.3 is 0 Å². The Morgan fingerprint density at radius 1 is 1.39 bits per heavy atom. The number of ether oxygens (including phenoxy) is 1. The van der Waals surface area contributed by atoms with Crippen molar-refractivity contribution in [2.45, 2.75) is 46.1 Å². The Morgan fingerprint density at radius 3 is 2.78 bits per heavy atom. The second kappa shape index (κ2) is 5.09. The van der Waals surface area contributed by atoms with Crippen LogP contribution in [-0.4, -0.2) is 12.6 Å². The molecule has 100 valence electrons. The molecule has 3 heteroatoms. The van der Waals surface area contributed by atoms with Gasteiger partial charge in [0.05, 0.1) is 6.61 Å². The molecule has 0 bridgehead atoms. The van der Waals surface area contributed by atoms with Gasteiger partial charge in [0, 0.05) is 29.5 Å². The van der Waals surface area contributed by atoms with Crippen LogP contribution in [0.4, 0.5) is 11.4 Å². The monoisotopic (exact) mass is 248 g/mol. The zero-order valence-electron chi connectivity index (χ0n) is 11.6. The van der Waals surface area contributed by atoms with E-state index in [0.717, 1.165) is 17.1 Å². The Kier molecular flexibility index (Phi) is 3.69. The van der Waals surface area contributed by atoms with Crippen molar-refractivity contribution in [2.75, 3.05) is 17.7 Å². The number of hydrogen-bond donors (Lipinski definition) is 2. The molecule has 2 rings (SSSR count). The van der Waals surface area contributed by atoms with E-state index >= 15 is 0 Å². The number of rotatable bonds is 4. The Labute approximate surface area is 110 Å². The van der Waals surface area contributed by atoms with Crippen LogP contribution in [0.3, 0.4) is 0 Å². The summed E-state index contributed by atoms with van der Waals surface area (Å²) in [4.78, 5) is 0. The molecule has 18 heavy (non-hydrogen) atoms. The van der Waals surface area contributed by atoms with Crippen LogP contribution in [0.5, 0.6) is 5.75 Å². The predicted molar refractivity (Wildman–Crippen MR) is 77.1 cm³/mol. The fraction of sp³-hybridized carbons (Fsp3) is 0.600. The summed E-state index contributed by atoms with van der Waals surface area (Å²) in [7, 11) is 0. The summed E-state index contributed by atoms with van der Waals surface area (Å²) in [5, 5.41) is 3.58. The second-order valence-corrected chi connectivity index (χ2v) is 5.97. The van der Waals surface area contributed by atoms with Gasteiger partial charge in [0.2, 0.25) is 0 Å². The summed E-state index contributed by atoms with van der Waals surface area (Å²) in [6.45, 7) is 7.31. The Bertz CT molecular complexity index is 415. The average Bonchev–Trinajstić information content (AvgIpc) is 2.57. The second-order valence-electron chi connectivity index (χ2n) is 5.97. The lowest BCUT2D eigenvalue weighted by Gasteiger charge is -2.19. The molecule has 1 saturated carbocycles. The molecule has 0 spiro atoms. The minimum Gasteiger partial charge on any atom is -0.494 e. The van der Waals surface area contributed by atoms with E-state index in [1.807, 2.05) is 25.1 Å². The van der Waals surface area contributed by atoms with E-state index in [4.69, 9.17) is 10.5 Å². The number of nitrogen functional groups attached to an aromatic ring is 1. The molecule has 1 aliphatic carbocycles. The third-order valence-corrected chi connectivity index (χ3v) is 3.58. The summed E-state index contributed by atoms with van der Waals surface area (Å²) in [5.74, 6) is 0.845. The minimum absolute atomic E-state index is 0.459. The lowest BCUT2D eigenvalue weighted by Crippen LogP contribution is -2.17. The summed E-state index contributed by atoms with van der Waals surface area (Å²) < 4.78 is 5.51. The maximum absolute atomic E-state index is 5.90. The fourth-order valence-electron chi connectivity index (χ4n) is 2.75. The topological polar surface area (TPSA) is 47.3 Å². The van der Waals surface area contributed by atoms with Gasteiger partial charge in [-0.05, 0) is 37.7 Å². The number of benzene rings is 1. The highest BCUT2D eigenvalue weighted by atomic mass is 16.5. The van der Waals surface area contributed by atoms with Crippen molar-refractivity contribution in [1.82, 2.24) is 0 Å². The van der Waals surface area contributed by atoms with Gasteiger partial charge in [-0.25, -0.2) is 0 Å². The average molecular weight is 248 g/mol. The lowest BCUT2D eigenvalue weighted by atomic mass is 9.92. The van der Waals surface area contributed by atoms with E-state index in [1.165, 1.54) is 19.3 Å². The van der Waals surface area contributed by atoms with Crippen LogP contribution in [-0.2, 0) is 0 Å². The molecule has 1 atom stereocenters. The Balaban J connectivity index is 2.05. The Morgan fingerprint density at radius 2 is 2.17 bits per heavy atom. The van der Waals surface area contributed by atoms with Crippen LogP contribution in [0.2, 0.25) is 0 Å². The summed E-state index contributed by atoms with van der Waals surface area (Å²) >= 11 is 0. The van der Waals surface area contributed by atoms with E-state index in [0.29, 0.717) is 18.1 Å². The standard InChI is InChI=1S/C15H24N2O/c1-4-18-14-8-11(16)7-13(9-14)17-12-5-6-15(2,3)10-12/h7-9,12,17H,4-6,10,16H2,1-3H3. The third kappa shape index (κ3) is 3.31. The largest absolute Gasteiger partial charge is 0.494 e. The summed E-state index contributed by atoms with van der Waals surface area (Å²) in [6.07, 6.45) is 3.73. The molecule has 3 nitrogen and oxygen atoms in total. The van der Waals surface area contributed by atoms with Gasteiger partial charge in [-0.2, -0.15) is 0 Å². The van der Waals surface area contributed by atoms with Gasteiger partial charge < -0.3 is 15.8 Å². The molecule has 0 radical (unpaired) electrons. The quantitative estimate of drug-likeness (QED) is 0.799. The van der Waals surface area contributed by atoms with Crippen LogP contribution < -0.4 is 15.8 Å². The number of nitrogens with one attached hydrogen (secondary N) is 1. The molecule has 0 saturated heterocycles. The minimum atomic E-state index is 0.459. The normalized spacial score (nSPS) is 21.8. The van der Waals surface area contributed by atoms with Gasteiger partial charge in [-0.1, -0.05) is 13.8 Å². The number of nitrogens with two attached hydrogens (primary N) is 1. The van der Waals surface area contributed by atoms with Crippen LogP contribution in [0.1, 0.15) is 40.0 Å². The molecule has 1 aromatic rings. The molecule has 0 heterocycles. The van der Waals surface area contributed by atoms with Crippen molar-refractivity contribution in [3.8, 4) is 5.75 Å². The molecule has 1 aromatic carbocycles. The fourth-order valence-corrected chi connectivity index (χ4v) is 2.75. The first-order chi connectivity index (χ1) is 8.48. The van der Waals surface area contributed by atoms with Crippen molar-refractivity contribution < 1.29 is 4.74 Å². The highest BCUT2D eigenvalue weighted by Gasteiger charge is 2.30. The molecule has 1 unspecified atom stereocenters. The van der Waals surface area contributed by atoms with E-state index in [1.54, 1.807) is 0 Å². The van der Waals surface area contributed by atoms with Crippen molar-refractivity contribution in [1.29, 1.82) is 0 Å². The maximum Gasteiger partial charge on any atom is 0.123 e. The van der Waals surface area contributed by atoms with Gasteiger partial charge in [0.1, 0.15) is 5.75 Å². The number of hydrogen-bond acceptors (Lipinski definition) is 3. The Hall–Kier alpha value is -1.38. The maximum atomic E-state index is 5.90. The van der Waals surface area contributed by atoms with E-state index in [-0.39, 0.29) is 0 Å². The molecule has 0 amide bonds. The van der Waals surface area contributed by atoms with Gasteiger partial charge in [0.15, 0.2) is 0 Å². The zero-order chi connectivity index (χ0) is 13.2. The molecule has 0 aromatic heterocycles. The SMILES string of the molecule is CCOc1cc(N)cc(NC2CCC(C)(C)C2)c1. The molecule has 0 aliphatic heterocycles. The van der Waals surface area contributed by atoms with Crippen LogP contribution in [0.15, 0.2) is 18.2 Å². The van der Waals surface area contributed by atoms with Crippen molar-refractivity contribution in [3.63, 3.8) is 0 Å². The molecule has 3 N–H and O–H groups in total. The third-order valence-electron chi connectivity index (χ3n) is 3.58. The van der Waals surface area contributed by atoms with E-state index < -0.39 is 0 Å². The van der Waals surface area contributed by atoms with Gasteiger partial charge in [0.25, 0.3) is 0 Å². The van der Waals surface area contributed by atoms with Crippen LogP contribution in [0.25, 0.3) is 0 Å². The van der Waals surface area contributed by atoms with Crippen molar-refractivity contribution >= 4 is 11.4 Å². The van der Waals surface area contributed by atoms with Gasteiger partial charge in [-0.3, -0.25) is 0 Å². The lowest BCUT2D eigenvalue weighted by molar-refractivity contribution is 0.340. The zero-order valence-corrected chi connectivity index (χ0v) is 11.6. The smallest absolute Gasteiger partial charge is 0.123 e. The first-order valence-electron chi connectivity index (χ1n) is 6.78. The van der Waals surface area contributed by atoms with Crippen LogP contribution >= 0.6 is 0 Å². The van der Waals surface area contributed by atoms with Crippen molar-refractivity contribution in [3.05, 3.63) is 18.2 Å². The number of anilines is 2. The summed E-state index contributed by atoms with van der Waals surface area (Å²) in [5.41, 5.74) is 8.18. The van der Waals surface area contributed by atoms with E-state index in [2.05, 4.69) is 19.2 Å². The van der Waals surface area contributed by atoms with Gasteiger partial charge in [-0.15, -0.1) is 0 Å². The first kappa shape index (κ1) is 13.1. The molecular weight excluding hydrogens is 224 g/mol. The van der Waals surface area contributed by atoms with Crippen molar-refractivity contribution in [2.24, 2.45) is 5.41 Å². The van der Waals surface area contributed by atoms with E-state index in [9.17, 15) is 0 Å². The molecule has 1 fully saturated rings. The predicted octanol–water partition coefficient (Wildman–Crippen LogP) is 3.66.